The van der Waals surface area contributed by atoms with E-state index in [1.807, 2.05) is 11.8 Å². The van der Waals surface area contributed by atoms with E-state index in [1.54, 1.807) is 0 Å². The second-order valence-electron chi connectivity index (χ2n) is 5.57. The van der Waals surface area contributed by atoms with Gasteiger partial charge in [0.05, 0.1) is 6.04 Å². The predicted molar refractivity (Wildman–Crippen MR) is 79.9 cm³/mol. The summed E-state index contributed by atoms with van der Waals surface area (Å²) in [6.07, 6.45) is 6.48. The highest BCUT2D eigenvalue weighted by Crippen LogP contribution is 2.22. The van der Waals surface area contributed by atoms with Gasteiger partial charge in [0.2, 0.25) is 0 Å². The molecule has 1 rings (SSSR count). The van der Waals surface area contributed by atoms with Gasteiger partial charge in [-0.2, -0.15) is 0 Å². The van der Waals surface area contributed by atoms with Crippen molar-refractivity contribution in [3.8, 4) is 0 Å². The first kappa shape index (κ1) is 14.9. The summed E-state index contributed by atoms with van der Waals surface area (Å²) in [6, 6.07) is 1.12. The van der Waals surface area contributed by atoms with E-state index < -0.39 is 0 Å². The number of rotatable bonds is 7. The molecule has 0 aromatic carbocycles. The van der Waals surface area contributed by atoms with Gasteiger partial charge in [-0.3, -0.25) is 4.99 Å². The first-order valence-corrected chi connectivity index (χ1v) is 8.07. The zero-order valence-electron chi connectivity index (χ0n) is 11.8. The van der Waals surface area contributed by atoms with Gasteiger partial charge in [0.25, 0.3) is 0 Å². The minimum atomic E-state index is 0.547. The summed E-state index contributed by atoms with van der Waals surface area (Å²) in [5.74, 6) is 1.92. The monoisotopic (exact) mass is 256 g/mol. The number of amidine groups is 1. The van der Waals surface area contributed by atoms with E-state index in [9.17, 15) is 0 Å². The van der Waals surface area contributed by atoms with Crippen molar-refractivity contribution in [1.82, 2.24) is 5.32 Å². The van der Waals surface area contributed by atoms with Gasteiger partial charge in [-0.15, -0.1) is 0 Å². The topological polar surface area (TPSA) is 24.4 Å². The number of hydrogen-bond acceptors (Lipinski definition) is 3. The second kappa shape index (κ2) is 8.02. The fourth-order valence-corrected chi connectivity index (χ4v) is 3.21. The molecule has 2 atom stereocenters. The normalized spacial score (nSPS) is 21.7. The maximum Gasteiger partial charge on any atom is 0.157 e. The van der Waals surface area contributed by atoms with Crippen molar-refractivity contribution in [2.24, 2.45) is 10.9 Å². The number of nitrogens with one attached hydrogen (secondary N) is 1. The van der Waals surface area contributed by atoms with Crippen molar-refractivity contribution < 1.29 is 0 Å². The maximum atomic E-state index is 4.76. The van der Waals surface area contributed by atoms with Crippen LogP contribution in [-0.4, -0.2) is 23.0 Å². The van der Waals surface area contributed by atoms with Crippen molar-refractivity contribution in [3.63, 3.8) is 0 Å². The Morgan fingerprint density at radius 1 is 1.35 bits per heavy atom. The first-order chi connectivity index (χ1) is 8.11. The van der Waals surface area contributed by atoms with E-state index in [2.05, 4.69) is 33.0 Å². The predicted octanol–water partition coefficient (Wildman–Crippen LogP) is 4.06. The molecule has 2 unspecified atom stereocenters. The lowest BCUT2D eigenvalue weighted by Crippen LogP contribution is -2.29. The lowest BCUT2D eigenvalue weighted by atomic mass is 10.1. The van der Waals surface area contributed by atoms with Gasteiger partial charge in [-0.1, -0.05) is 51.8 Å². The molecular formula is C14H28N2S. The Morgan fingerprint density at radius 3 is 2.76 bits per heavy atom. The zero-order chi connectivity index (χ0) is 12.7. The first-order valence-electron chi connectivity index (χ1n) is 7.09. The van der Waals surface area contributed by atoms with E-state index in [0.29, 0.717) is 12.1 Å². The standard InChI is InChI=1S/C14H28N2S/c1-5-6-7-8-12(4)15-14-16-13(10-17-14)9-11(2)3/h11-13H,5-10H2,1-4H3,(H,15,16). The smallest absolute Gasteiger partial charge is 0.157 e. The fraction of sp³-hybridized carbons (Fsp3) is 0.929. The van der Waals surface area contributed by atoms with Gasteiger partial charge in [0, 0.05) is 11.8 Å². The molecule has 0 saturated heterocycles. The lowest BCUT2D eigenvalue weighted by Gasteiger charge is -2.13. The Morgan fingerprint density at radius 2 is 2.12 bits per heavy atom. The quantitative estimate of drug-likeness (QED) is 0.695. The fourth-order valence-electron chi connectivity index (χ4n) is 2.14. The number of unbranched alkanes of at least 4 members (excludes halogenated alkanes) is 2. The highest BCUT2D eigenvalue weighted by atomic mass is 32.2. The molecule has 0 aliphatic carbocycles. The molecule has 0 amide bonds. The molecule has 17 heavy (non-hydrogen) atoms. The summed E-state index contributed by atoms with van der Waals surface area (Å²) in [6.45, 7) is 9.08. The summed E-state index contributed by atoms with van der Waals surface area (Å²) in [5, 5.41) is 4.73. The average Bonchev–Trinajstić information content (AvgIpc) is 2.64. The average molecular weight is 256 g/mol. The molecule has 0 aromatic rings. The summed E-state index contributed by atoms with van der Waals surface area (Å²) in [4.78, 5) is 4.76. The van der Waals surface area contributed by atoms with Crippen LogP contribution in [0.5, 0.6) is 0 Å². The van der Waals surface area contributed by atoms with Crippen molar-refractivity contribution in [2.75, 3.05) is 5.75 Å². The number of aliphatic imine (C=N–C) groups is 1. The minimum Gasteiger partial charge on any atom is -0.362 e. The molecule has 0 spiro atoms. The lowest BCUT2D eigenvalue weighted by molar-refractivity contribution is 0.525. The van der Waals surface area contributed by atoms with Crippen LogP contribution >= 0.6 is 11.8 Å². The van der Waals surface area contributed by atoms with E-state index in [1.165, 1.54) is 43.0 Å². The number of nitrogens with zero attached hydrogens (tertiary/aromatic N) is 1. The van der Waals surface area contributed by atoms with Crippen LogP contribution in [0.1, 0.15) is 59.8 Å². The van der Waals surface area contributed by atoms with Crippen molar-refractivity contribution >= 4 is 16.9 Å². The van der Waals surface area contributed by atoms with Crippen LogP contribution < -0.4 is 5.32 Å². The summed E-state index contributed by atoms with van der Waals surface area (Å²) < 4.78 is 0. The highest BCUT2D eigenvalue weighted by molar-refractivity contribution is 8.14. The molecule has 0 fully saturated rings. The number of thioether (sulfide) groups is 1. The Balaban J connectivity index is 2.22. The van der Waals surface area contributed by atoms with Crippen LogP contribution in [0.2, 0.25) is 0 Å². The third kappa shape index (κ3) is 6.35. The van der Waals surface area contributed by atoms with Crippen molar-refractivity contribution in [3.05, 3.63) is 0 Å². The Kier molecular flexibility index (Phi) is 7.02. The molecule has 0 bridgehead atoms. The molecule has 0 saturated carbocycles. The van der Waals surface area contributed by atoms with Gasteiger partial charge in [0.15, 0.2) is 5.17 Å². The van der Waals surface area contributed by atoms with Crippen LogP contribution in [0.15, 0.2) is 4.99 Å². The van der Waals surface area contributed by atoms with E-state index >= 15 is 0 Å². The minimum absolute atomic E-state index is 0.547. The molecule has 2 nitrogen and oxygen atoms in total. The molecule has 0 aromatic heterocycles. The molecule has 1 aliphatic heterocycles. The third-order valence-corrected chi connectivity index (χ3v) is 4.11. The molecule has 1 heterocycles. The maximum absolute atomic E-state index is 4.76. The van der Waals surface area contributed by atoms with E-state index in [0.717, 1.165) is 5.92 Å². The molecule has 100 valence electrons. The Labute approximate surface area is 111 Å². The van der Waals surface area contributed by atoms with Crippen molar-refractivity contribution in [2.45, 2.75) is 71.9 Å². The number of hydrogen-bond donors (Lipinski definition) is 1. The Hall–Kier alpha value is -0.180. The Bertz CT molecular complexity index is 238. The van der Waals surface area contributed by atoms with Crippen LogP contribution in [0, 0.1) is 5.92 Å². The molecule has 3 heteroatoms. The van der Waals surface area contributed by atoms with Crippen LogP contribution in [0.25, 0.3) is 0 Å². The van der Waals surface area contributed by atoms with E-state index in [-0.39, 0.29) is 0 Å². The molecular weight excluding hydrogens is 228 g/mol. The van der Waals surface area contributed by atoms with Crippen LogP contribution in [0.3, 0.4) is 0 Å². The SMILES string of the molecule is CCCCCC(C)NC1=NC(CC(C)C)CS1. The van der Waals surface area contributed by atoms with Crippen LogP contribution in [-0.2, 0) is 0 Å². The second-order valence-corrected chi connectivity index (χ2v) is 6.58. The molecule has 0 radical (unpaired) electrons. The van der Waals surface area contributed by atoms with Gasteiger partial charge in [0.1, 0.15) is 0 Å². The summed E-state index contributed by atoms with van der Waals surface area (Å²) in [5.41, 5.74) is 0. The van der Waals surface area contributed by atoms with Gasteiger partial charge in [-0.05, 0) is 25.7 Å². The summed E-state index contributed by atoms with van der Waals surface area (Å²) in [7, 11) is 0. The molecule has 1 N–H and O–H groups in total. The third-order valence-electron chi connectivity index (χ3n) is 3.07. The highest BCUT2D eigenvalue weighted by Gasteiger charge is 2.19. The zero-order valence-corrected chi connectivity index (χ0v) is 12.6. The van der Waals surface area contributed by atoms with Gasteiger partial charge >= 0.3 is 0 Å². The van der Waals surface area contributed by atoms with Gasteiger partial charge < -0.3 is 5.32 Å². The van der Waals surface area contributed by atoms with Gasteiger partial charge in [-0.25, -0.2) is 0 Å². The van der Waals surface area contributed by atoms with Crippen molar-refractivity contribution in [1.29, 1.82) is 0 Å². The molecule has 1 aliphatic rings. The van der Waals surface area contributed by atoms with Crippen LogP contribution in [0.4, 0.5) is 0 Å². The largest absolute Gasteiger partial charge is 0.362 e. The summed E-state index contributed by atoms with van der Waals surface area (Å²) >= 11 is 1.90. The van der Waals surface area contributed by atoms with E-state index in [4.69, 9.17) is 4.99 Å².